The number of fused-ring (bicyclic) bond motifs is 3. The van der Waals surface area contributed by atoms with Gasteiger partial charge in [0.25, 0.3) is 0 Å². The van der Waals surface area contributed by atoms with Gasteiger partial charge in [-0.25, -0.2) is 4.98 Å². The lowest BCUT2D eigenvalue weighted by molar-refractivity contribution is -0.0893. The lowest BCUT2D eigenvalue weighted by Crippen LogP contribution is -2.49. The normalized spacial score (nSPS) is 12.3. The van der Waals surface area contributed by atoms with Gasteiger partial charge in [-0.05, 0) is 61.7 Å². The number of pyridine rings is 1. The number of hydrogen-bond acceptors (Lipinski definition) is 3. The fourth-order valence-corrected chi connectivity index (χ4v) is 4.09. The van der Waals surface area contributed by atoms with Crippen molar-refractivity contribution in [2.45, 2.75) is 38.9 Å². The average molecular weight is 458 g/mol. The third-order valence-electron chi connectivity index (χ3n) is 6.95. The topological polar surface area (TPSA) is 42.4 Å². The molecule has 0 spiro atoms. The van der Waals surface area contributed by atoms with Crippen LogP contribution in [0.3, 0.4) is 0 Å². The van der Waals surface area contributed by atoms with Crippen molar-refractivity contribution in [3.63, 3.8) is 0 Å². The van der Waals surface area contributed by atoms with E-state index in [9.17, 15) is 5.11 Å². The molecule has 1 aromatic heterocycles. The Bertz CT molecular complexity index is 1490. The maximum absolute atomic E-state index is 10.4. The zero-order chi connectivity index (χ0) is 24.6. The Morgan fingerprint density at radius 1 is 0.743 bits per heavy atom. The molecule has 5 rings (SSSR count). The average Bonchev–Trinajstić information content (AvgIpc) is 2.87. The Morgan fingerprint density at radius 3 is 2.14 bits per heavy atom. The smallest absolute Gasteiger partial charge is 0.330 e. The lowest BCUT2D eigenvalue weighted by Gasteiger charge is -2.37. The SMILES string of the molecule is CC(C)(O)C(C)(C)O[B]c1ccc(-c2cc(-c3ccccc3)nc3ccc4ccccc4c23)cc1. The number of aliphatic hydroxyl groups is 1. The van der Waals surface area contributed by atoms with E-state index in [1.54, 1.807) is 21.3 Å². The molecule has 1 heterocycles. The van der Waals surface area contributed by atoms with Gasteiger partial charge in [-0.1, -0.05) is 90.4 Å². The molecule has 4 heteroatoms. The van der Waals surface area contributed by atoms with Crippen LogP contribution in [0.4, 0.5) is 0 Å². The highest BCUT2D eigenvalue weighted by Crippen LogP contribution is 2.36. The summed E-state index contributed by atoms with van der Waals surface area (Å²) in [5, 5.41) is 13.9. The molecule has 0 aliphatic rings. The van der Waals surface area contributed by atoms with Gasteiger partial charge in [0.1, 0.15) is 0 Å². The Kier molecular flexibility index (Phi) is 5.96. The van der Waals surface area contributed by atoms with Gasteiger partial charge in [-0.15, -0.1) is 0 Å². The van der Waals surface area contributed by atoms with Crippen LogP contribution >= 0.6 is 0 Å². The van der Waals surface area contributed by atoms with Gasteiger partial charge < -0.3 is 9.76 Å². The Balaban J connectivity index is 1.60. The Morgan fingerprint density at radius 2 is 1.43 bits per heavy atom. The summed E-state index contributed by atoms with van der Waals surface area (Å²) in [7, 11) is 1.72. The predicted molar refractivity (Wildman–Crippen MR) is 147 cm³/mol. The van der Waals surface area contributed by atoms with E-state index < -0.39 is 11.2 Å². The minimum Gasteiger partial charge on any atom is -0.427 e. The quantitative estimate of drug-likeness (QED) is 0.232. The first kappa shape index (κ1) is 23.3. The molecule has 1 radical (unpaired) electrons. The molecule has 0 unspecified atom stereocenters. The van der Waals surface area contributed by atoms with Crippen LogP contribution in [0, 0.1) is 0 Å². The third kappa shape index (κ3) is 4.60. The largest absolute Gasteiger partial charge is 0.427 e. The summed E-state index contributed by atoms with van der Waals surface area (Å²) in [5.41, 5.74) is 4.55. The lowest BCUT2D eigenvalue weighted by atomic mass is 9.82. The van der Waals surface area contributed by atoms with Gasteiger partial charge in [0, 0.05) is 10.9 Å². The zero-order valence-corrected chi connectivity index (χ0v) is 20.6. The molecule has 3 nitrogen and oxygen atoms in total. The van der Waals surface area contributed by atoms with Gasteiger partial charge in [0.15, 0.2) is 0 Å². The monoisotopic (exact) mass is 458 g/mol. The predicted octanol–water partition coefficient (Wildman–Crippen LogP) is 6.53. The summed E-state index contributed by atoms with van der Waals surface area (Å²) in [6, 6.07) is 33.6. The first-order chi connectivity index (χ1) is 16.7. The minimum absolute atomic E-state index is 0.712. The van der Waals surface area contributed by atoms with E-state index in [4.69, 9.17) is 9.64 Å². The molecule has 0 fully saturated rings. The van der Waals surface area contributed by atoms with Gasteiger partial charge in [0.2, 0.25) is 0 Å². The Hall–Kier alpha value is -3.47. The molecule has 35 heavy (non-hydrogen) atoms. The highest BCUT2D eigenvalue weighted by molar-refractivity contribution is 6.47. The molecule has 0 aliphatic heterocycles. The summed E-state index contributed by atoms with van der Waals surface area (Å²) in [4.78, 5) is 5.03. The van der Waals surface area contributed by atoms with Crippen LogP contribution in [-0.2, 0) is 4.65 Å². The second kappa shape index (κ2) is 8.96. The van der Waals surface area contributed by atoms with E-state index in [1.807, 2.05) is 32.0 Å². The van der Waals surface area contributed by atoms with Crippen molar-refractivity contribution in [1.82, 2.24) is 4.98 Å². The molecule has 0 aliphatic carbocycles. The molecule has 4 aromatic carbocycles. The van der Waals surface area contributed by atoms with Crippen molar-refractivity contribution in [1.29, 1.82) is 0 Å². The standard InChI is InChI=1S/C31H29BNO2/c1-30(2,34)31(3,4)35-32-24-17-14-22(15-18-24)26-20-28(23-11-6-5-7-12-23)33-27-19-16-21-10-8-9-13-25(21)29(26)27/h5-20,34H,1-4H3. The number of benzene rings is 4. The fourth-order valence-electron chi connectivity index (χ4n) is 4.09. The number of rotatable bonds is 6. The fraction of sp³-hybridized carbons (Fsp3) is 0.194. The highest BCUT2D eigenvalue weighted by Gasteiger charge is 2.35. The molecule has 0 bridgehead atoms. The summed E-state index contributed by atoms with van der Waals surface area (Å²) in [6.45, 7) is 7.29. The van der Waals surface area contributed by atoms with E-state index >= 15 is 0 Å². The van der Waals surface area contributed by atoms with Crippen molar-refractivity contribution in [2.75, 3.05) is 0 Å². The first-order valence-corrected chi connectivity index (χ1v) is 11.9. The van der Waals surface area contributed by atoms with E-state index in [1.165, 1.54) is 10.8 Å². The van der Waals surface area contributed by atoms with Crippen LogP contribution in [0.1, 0.15) is 27.7 Å². The minimum atomic E-state index is -0.964. The van der Waals surface area contributed by atoms with Gasteiger partial charge in [-0.3, -0.25) is 0 Å². The molecular weight excluding hydrogens is 429 g/mol. The first-order valence-electron chi connectivity index (χ1n) is 11.9. The summed E-state index contributed by atoms with van der Waals surface area (Å²) < 4.78 is 5.95. The number of hydrogen-bond donors (Lipinski definition) is 1. The molecule has 0 amide bonds. The molecule has 0 saturated carbocycles. The number of aromatic nitrogens is 1. The molecule has 1 N–H and O–H groups in total. The van der Waals surface area contributed by atoms with Crippen molar-refractivity contribution in [3.8, 4) is 22.4 Å². The van der Waals surface area contributed by atoms with E-state index in [2.05, 4.69) is 78.9 Å². The molecular formula is C31H29BNO2. The second-order valence-electron chi connectivity index (χ2n) is 10.0. The van der Waals surface area contributed by atoms with Crippen molar-refractivity contribution < 1.29 is 9.76 Å². The van der Waals surface area contributed by atoms with Crippen LogP contribution in [0.15, 0.2) is 97.1 Å². The van der Waals surface area contributed by atoms with E-state index in [0.717, 1.165) is 38.8 Å². The summed E-state index contributed by atoms with van der Waals surface area (Å²) >= 11 is 0. The van der Waals surface area contributed by atoms with Crippen molar-refractivity contribution >= 4 is 34.6 Å². The molecule has 0 atom stereocenters. The third-order valence-corrected chi connectivity index (χ3v) is 6.95. The second-order valence-corrected chi connectivity index (χ2v) is 10.0. The van der Waals surface area contributed by atoms with Crippen LogP contribution in [0.25, 0.3) is 44.1 Å². The van der Waals surface area contributed by atoms with E-state index in [0.29, 0.717) is 0 Å². The van der Waals surface area contributed by atoms with Crippen LogP contribution in [0.5, 0.6) is 0 Å². The van der Waals surface area contributed by atoms with Crippen molar-refractivity contribution in [3.05, 3.63) is 97.1 Å². The zero-order valence-electron chi connectivity index (χ0n) is 20.6. The van der Waals surface area contributed by atoms with Crippen LogP contribution < -0.4 is 5.46 Å². The van der Waals surface area contributed by atoms with Gasteiger partial charge >= 0.3 is 7.48 Å². The molecule has 5 aromatic rings. The van der Waals surface area contributed by atoms with E-state index in [-0.39, 0.29) is 0 Å². The molecule has 0 saturated heterocycles. The van der Waals surface area contributed by atoms with Gasteiger partial charge in [0.05, 0.1) is 22.4 Å². The van der Waals surface area contributed by atoms with Gasteiger partial charge in [-0.2, -0.15) is 0 Å². The Labute approximate surface area is 207 Å². The maximum atomic E-state index is 10.4. The van der Waals surface area contributed by atoms with Crippen molar-refractivity contribution in [2.24, 2.45) is 0 Å². The number of nitrogens with zero attached hydrogens (tertiary/aromatic N) is 1. The maximum Gasteiger partial charge on any atom is 0.330 e. The van der Waals surface area contributed by atoms with Crippen LogP contribution in [-0.4, -0.2) is 28.8 Å². The summed E-state index contributed by atoms with van der Waals surface area (Å²) in [6.07, 6.45) is 0. The molecule has 173 valence electrons. The highest BCUT2D eigenvalue weighted by atomic mass is 16.5. The summed E-state index contributed by atoms with van der Waals surface area (Å²) in [5.74, 6) is 0. The van der Waals surface area contributed by atoms with Crippen LogP contribution in [0.2, 0.25) is 0 Å².